The first kappa shape index (κ1) is 12.0. The largest absolute Gasteiger partial charge is 0.366 e. The van der Waals surface area contributed by atoms with Gasteiger partial charge in [-0.1, -0.05) is 12.1 Å². The van der Waals surface area contributed by atoms with Gasteiger partial charge in [0.15, 0.2) is 0 Å². The quantitative estimate of drug-likeness (QED) is 0.859. The molecule has 0 radical (unpaired) electrons. The Bertz CT molecular complexity index is 499. The van der Waals surface area contributed by atoms with E-state index in [1.165, 1.54) is 6.07 Å². The van der Waals surface area contributed by atoms with Crippen molar-refractivity contribution in [3.05, 3.63) is 58.6 Å². The molecular formula is C13H12BrFN2. The van der Waals surface area contributed by atoms with Crippen LogP contribution in [0.15, 0.2) is 47.1 Å². The average Bonchev–Trinajstić information content (AvgIpc) is 2.32. The van der Waals surface area contributed by atoms with Crippen molar-refractivity contribution >= 4 is 21.6 Å². The highest BCUT2D eigenvalue weighted by Crippen LogP contribution is 2.19. The molecule has 0 fully saturated rings. The highest BCUT2D eigenvalue weighted by Gasteiger charge is 2.07. The molecule has 1 heterocycles. The first-order chi connectivity index (χ1) is 8.16. The van der Waals surface area contributed by atoms with Crippen molar-refractivity contribution < 1.29 is 4.39 Å². The SMILES string of the molecule is CN(Cc1ccc(Br)cn1)c1ccccc1F. The van der Waals surface area contributed by atoms with Gasteiger partial charge in [0, 0.05) is 17.7 Å². The second-order valence-corrected chi connectivity index (χ2v) is 4.69. The Morgan fingerprint density at radius 1 is 1.24 bits per heavy atom. The van der Waals surface area contributed by atoms with Gasteiger partial charge in [0.25, 0.3) is 0 Å². The number of rotatable bonds is 3. The maximum Gasteiger partial charge on any atom is 0.146 e. The molecule has 0 saturated carbocycles. The molecule has 2 rings (SSSR count). The van der Waals surface area contributed by atoms with Crippen LogP contribution in [0.4, 0.5) is 10.1 Å². The van der Waals surface area contributed by atoms with Gasteiger partial charge in [-0.05, 0) is 40.2 Å². The summed E-state index contributed by atoms with van der Waals surface area (Å²) in [5.41, 5.74) is 1.48. The third-order valence-corrected chi connectivity index (χ3v) is 2.92. The zero-order chi connectivity index (χ0) is 12.3. The first-order valence-electron chi connectivity index (χ1n) is 5.23. The highest BCUT2D eigenvalue weighted by atomic mass is 79.9. The van der Waals surface area contributed by atoms with E-state index >= 15 is 0 Å². The molecule has 0 amide bonds. The summed E-state index contributed by atoms with van der Waals surface area (Å²) >= 11 is 3.33. The van der Waals surface area contributed by atoms with Gasteiger partial charge >= 0.3 is 0 Å². The maximum atomic E-state index is 13.5. The Morgan fingerprint density at radius 2 is 2.00 bits per heavy atom. The van der Waals surface area contributed by atoms with Crippen LogP contribution >= 0.6 is 15.9 Å². The van der Waals surface area contributed by atoms with Gasteiger partial charge in [-0.15, -0.1) is 0 Å². The molecule has 1 aromatic carbocycles. The fourth-order valence-electron chi connectivity index (χ4n) is 1.59. The summed E-state index contributed by atoms with van der Waals surface area (Å²) in [4.78, 5) is 6.10. The van der Waals surface area contributed by atoms with E-state index in [2.05, 4.69) is 20.9 Å². The minimum absolute atomic E-state index is 0.216. The number of hydrogen-bond acceptors (Lipinski definition) is 2. The van der Waals surface area contributed by atoms with Crippen molar-refractivity contribution in [3.63, 3.8) is 0 Å². The topological polar surface area (TPSA) is 16.1 Å². The van der Waals surface area contributed by atoms with E-state index in [1.54, 1.807) is 18.3 Å². The standard InChI is InChI=1S/C13H12BrFN2/c1-17(13-5-3-2-4-12(13)15)9-11-7-6-10(14)8-16-11/h2-8H,9H2,1H3. The Morgan fingerprint density at radius 3 is 2.65 bits per heavy atom. The monoisotopic (exact) mass is 294 g/mol. The molecule has 0 aliphatic rings. The molecule has 0 aliphatic carbocycles. The van der Waals surface area contributed by atoms with Gasteiger partial charge in [-0.25, -0.2) is 4.39 Å². The number of para-hydroxylation sites is 1. The molecule has 0 saturated heterocycles. The van der Waals surface area contributed by atoms with Crippen molar-refractivity contribution in [3.8, 4) is 0 Å². The van der Waals surface area contributed by atoms with Crippen LogP contribution in [0.5, 0.6) is 0 Å². The summed E-state index contributed by atoms with van der Waals surface area (Å²) in [7, 11) is 1.85. The molecule has 0 N–H and O–H groups in total. The summed E-state index contributed by atoms with van der Waals surface area (Å²) in [5, 5.41) is 0. The average molecular weight is 295 g/mol. The van der Waals surface area contributed by atoms with E-state index in [0.29, 0.717) is 12.2 Å². The lowest BCUT2D eigenvalue weighted by molar-refractivity contribution is 0.621. The van der Waals surface area contributed by atoms with Gasteiger partial charge in [-0.2, -0.15) is 0 Å². The van der Waals surface area contributed by atoms with Crippen LogP contribution in [0.25, 0.3) is 0 Å². The summed E-state index contributed by atoms with van der Waals surface area (Å²) in [6.45, 7) is 0.578. The van der Waals surface area contributed by atoms with Gasteiger partial charge < -0.3 is 4.90 Å². The van der Waals surface area contributed by atoms with Gasteiger partial charge in [0.1, 0.15) is 5.82 Å². The number of aromatic nitrogens is 1. The molecule has 0 atom stereocenters. The van der Waals surface area contributed by atoms with Crippen LogP contribution in [-0.4, -0.2) is 12.0 Å². The van der Waals surface area contributed by atoms with Gasteiger partial charge in [0.05, 0.1) is 17.9 Å². The molecule has 1 aromatic heterocycles. The number of hydrogen-bond donors (Lipinski definition) is 0. The third-order valence-electron chi connectivity index (χ3n) is 2.45. The van der Waals surface area contributed by atoms with E-state index in [-0.39, 0.29) is 5.82 Å². The first-order valence-corrected chi connectivity index (χ1v) is 6.02. The van der Waals surface area contributed by atoms with E-state index < -0.39 is 0 Å². The van der Waals surface area contributed by atoms with E-state index in [1.807, 2.05) is 30.1 Å². The van der Waals surface area contributed by atoms with Gasteiger partial charge in [-0.3, -0.25) is 4.98 Å². The van der Waals surface area contributed by atoms with Crippen LogP contribution in [0.2, 0.25) is 0 Å². The molecule has 0 bridgehead atoms. The molecule has 0 spiro atoms. The Hall–Kier alpha value is -1.42. The fraction of sp³-hybridized carbons (Fsp3) is 0.154. The molecular weight excluding hydrogens is 283 g/mol. The second kappa shape index (κ2) is 5.27. The van der Waals surface area contributed by atoms with Crippen molar-refractivity contribution in [1.82, 2.24) is 4.98 Å². The minimum Gasteiger partial charge on any atom is -0.366 e. The molecule has 2 nitrogen and oxygen atoms in total. The summed E-state index contributed by atoms with van der Waals surface area (Å²) < 4.78 is 14.5. The Balaban J connectivity index is 2.14. The van der Waals surface area contributed by atoms with Crippen molar-refractivity contribution in [2.24, 2.45) is 0 Å². The summed E-state index contributed by atoms with van der Waals surface area (Å²) in [5.74, 6) is -0.216. The smallest absolute Gasteiger partial charge is 0.146 e. The molecule has 17 heavy (non-hydrogen) atoms. The Kier molecular flexibility index (Phi) is 3.74. The number of benzene rings is 1. The van der Waals surface area contributed by atoms with Crippen LogP contribution < -0.4 is 4.90 Å². The zero-order valence-corrected chi connectivity index (χ0v) is 11.0. The minimum atomic E-state index is -0.216. The third kappa shape index (κ3) is 3.03. The lowest BCUT2D eigenvalue weighted by Crippen LogP contribution is -2.18. The molecule has 0 unspecified atom stereocenters. The fourth-order valence-corrected chi connectivity index (χ4v) is 1.82. The number of halogens is 2. The van der Waals surface area contributed by atoms with Crippen LogP contribution in [-0.2, 0) is 6.54 Å². The van der Waals surface area contributed by atoms with Crippen molar-refractivity contribution in [2.45, 2.75) is 6.54 Å². The lowest BCUT2D eigenvalue weighted by atomic mass is 10.2. The molecule has 2 aromatic rings. The van der Waals surface area contributed by atoms with E-state index in [4.69, 9.17) is 0 Å². The van der Waals surface area contributed by atoms with Crippen LogP contribution in [0.3, 0.4) is 0 Å². The number of pyridine rings is 1. The highest BCUT2D eigenvalue weighted by molar-refractivity contribution is 9.10. The zero-order valence-electron chi connectivity index (χ0n) is 9.40. The van der Waals surface area contributed by atoms with E-state index in [9.17, 15) is 4.39 Å². The predicted octanol–water partition coefficient (Wildman–Crippen LogP) is 3.62. The second-order valence-electron chi connectivity index (χ2n) is 3.78. The number of nitrogens with zero attached hydrogens (tertiary/aromatic N) is 2. The van der Waals surface area contributed by atoms with Gasteiger partial charge in [0.2, 0.25) is 0 Å². The van der Waals surface area contributed by atoms with Crippen LogP contribution in [0, 0.1) is 5.82 Å². The number of anilines is 1. The lowest BCUT2D eigenvalue weighted by Gasteiger charge is -2.19. The van der Waals surface area contributed by atoms with E-state index in [0.717, 1.165) is 10.2 Å². The molecule has 4 heteroatoms. The van der Waals surface area contributed by atoms with Crippen molar-refractivity contribution in [2.75, 3.05) is 11.9 Å². The predicted molar refractivity (Wildman–Crippen MR) is 70.4 cm³/mol. The Labute approximate surface area is 108 Å². The maximum absolute atomic E-state index is 13.5. The molecule has 0 aliphatic heterocycles. The van der Waals surface area contributed by atoms with Crippen molar-refractivity contribution in [1.29, 1.82) is 0 Å². The van der Waals surface area contributed by atoms with Crippen LogP contribution in [0.1, 0.15) is 5.69 Å². The molecule has 88 valence electrons. The summed E-state index contributed by atoms with van der Waals surface area (Å²) in [6, 6.07) is 10.6. The normalized spacial score (nSPS) is 10.3. The summed E-state index contributed by atoms with van der Waals surface area (Å²) in [6.07, 6.45) is 1.74.